The molecule has 3 aromatic carbocycles. The van der Waals surface area contributed by atoms with Crippen molar-refractivity contribution >= 4 is 40.7 Å². The predicted molar refractivity (Wildman–Crippen MR) is 146 cm³/mol. The fourth-order valence-corrected chi connectivity index (χ4v) is 4.37. The zero-order valence-corrected chi connectivity index (χ0v) is 23.7. The number of anilines is 1. The summed E-state index contributed by atoms with van der Waals surface area (Å²) in [5.41, 5.74) is -0.0695. The Bertz CT molecular complexity index is 1410. The molecule has 0 radical (unpaired) electrons. The summed E-state index contributed by atoms with van der Waals surface area (Å²) in [5, 5.41) is 1.13. The van der Waals surface area contributed by atoms with E-state index in [0.717, 1.165) is 29.8 Å². The molecule has 12 heteroatoms. The van der Waals surface area contributed by atoms with E-state index >= 15 is 0 Å². The fraction of sp³-hybridized carbons (Fsp3) is 0.310. The molecule has 3 aromatic rings. The first-order chi connectivity index (χ1) is 18.9. The second kappa shape index (κ2) is 12.3. The van der Waals surface area contributed by atoms with E-state index in [4.69, 9.17) is 23.2 Å². The summed E-state index contributed by atoms with van der Waals surface area (Å²) in [4.78, 5) is 26.7. The molecule has 0 aliphatic heterocycles. The quantitative estimate of drug-likeness (QED) is 0.269. The number of carbonyl (C=O) groups is 2. The number of carbonyl (C=O) groups excluding carboxylic acids is 2. The van der Waals surface area contributed by atoms with E-state index in [0.29, 0.717) is 5.56 Å². The summed E-state index contributed by atoms with van der Waals surface area (Å²) >= 11 is 12.3. The predicted octanol–water partition coefficient (Wildman–Crippen LogP) is 8.70. The van der Waals surface area contributed by atoms with E-state index in [9.17, 15) is 35.9 Å². The van der Waals surface area contributed by atoms with Gasteiger partial charge in [0, 0.05) is 13.1 Å². The second-order valence-corrected chi connectivity index (χ2v) is 11.1. The van der Waals surface area contributed by atoms with Gasteiger partial charge in [-0.2, -0.15) is 26.3 Å². The number of nitrogens with zero attached hydrogens (tertiary/aromatic N) is 1. The van der Waals surface area contributed by atoms with Crippen molar-refractivity contribution < 1.29 is 35.9 Å². The zero-order valence-electron chi connectivity index (χ0n) is 22.2. The topological polar surface area (TPSA) is 49.4 Å². The number of benzene rings is 3. The van der Waals surface area contributed by atoms with E-state index in [1.807, 2.05) is 32.9 Å². The van der Waals surface area contributed by atoms with E-state index in [2.05, 4.69) is 0 Å². The molecule has 0 aliphatic carbocycles. The van der Waals surface area contributed by atoms with Crippen LogP contribution in [0.4, 0.5) is 32.0 Å². The van der Waals surface area contributed by atoms with Crippen molar-refractivity contribution in [2.24, 2.45) is 0 Å². The highest BCUT2D eigenvalue weighted by Crippen LogP contribution is 2.34. The molecule has 220 valence electrons. The molecule has 1 N–H and O–H groups in total. The Labute approximate surface area is 243 Å². The highest BCUT2D eigenvalue weighted by Gasteiger charge is 2.39. The fourth-order valence-electron chi connectivity index (χ4n) is 3.97. The van der Waals surface area contributed by atoms with E-state index in [1.165, 1.54) is 17.0 Å². The van der Waals surface area contributed by atoms with Gasteiger partial charge >= 0.3 is 18.3 Å². The van der Waals surface area contributed by atoms with Crippen molar-refractivity contribution in [1.82, 2.24) is 4.90 Å². The van der Waals surface area contributed by atoms with Crippen molar-refractivity contribution in [2.75, 3.05) is 11.9 Å². The minimum atomic E-state index is -5.25. The van der Waals surface area contributed by atoms with Crippen LogP contribution in [0.3, 0.4) is 0 Å². The van der Waals surface area contributed by atoms with Crippen molar-refractivity contribution in [2.45, 2.75) is 51.5 Å². The number of alkyl halides is 6. The van der Waals surface area contributed by atoms with E-state index < -0.39 is 41.0 Å². The van der Waals surface area contributed by atoms with Crippen molar-refractivity contribution in [3.8, 4) is 0 Å². The van der Waals surface area contributed by atoms with Gasteiger partial charge in [0.25, 0.3) is 5.91 Å². The van der Waals surface area contributed by atoms with Gasteiger partial charge in [-0.25, -0.2) is 0 Å². The van der Waals surface area contributed by atoms with Crippen LogP contribution in [0.2, 0.25) is 10.0 Å². The molecule has 41 heavy (non-hydrogen) atoms. The average molecular weight is 619 g/mol. The molecule has 0 spiro atoms. The first-order valence-electron chi connectivity index (χ1n) is 12.3. The molecule has 0 saturated heterocycles. The first-order valence-corrected chi connectivity index (χ1v) is 13.0. The Morgan fingerprint density at radius 2 is 1.46 bits per heavy atom. The maximum Gasteiger partial charge on any atom is 0.471 e. The maximum absolute atomic E-state index is 13.8. The largest absolute Gasteiger partial charge is 0.471 e. The van der Waals surface area contributed by atoms with Crippen LogP contribution in [0.25, 0.3) is 0 Å². The lowest BCUT2D eigenvalue weighted by atomic mass is 9.87. The molecule has 0 aromatic heterocycles. The Balaban J connectivity index is 2.01. The van der Waals surface area contributed by atoms with Gasteiger partial charge in [-0.3, -0.25) is 9.59 Å². The van der Waals surface area contributed by atoms with E-state index in [1.54, 1.807) is 17.4 Å². The van der Waals surface area contributed by atoms with Crippen LogP contribution in [0.5, 0.6) is 0 Å². The molecule has 0 heterocycles. The monoisotopic (exact) mass is 618 g/mol. The van der Waals surface area contributed by atoms with Gasteiger partial charge in [0.1, 0.15) is 0 Å². The van der Waals surface area contributed by atoms with Crippen LogP contribution < -0.4 is 5.32 Å². The number of hydrogen-bond acceptors (Lipinski definition) is 2. The summed E-state index contributed by atoms with van der Waals surface area (Å²) in [6, 6.07) is 14.0. The van der Waals surface area contributed by atoms with Gasteiger partial charge < -0.3 is 10.2 Å². The van der Waals surface area contributed by atoms with Crippen LogP contribution >= 0.6 is 23.2 Å². The second-order valence-electron chi connectivity index (χ2n) is 10.4. The molecule has 0 fully saturated rings. The molecular formula is C29H26Cl2F6N2O2. The van der Waals surface area contributed by atoms with Crippen LogP contribution in [-0.2, 0) is 29.4 Å². The first kappa shape index (κ1) is 32.3. The standard InChI is InChI=1S/C29H26Cl2F6N2O2/c1-27(2,3)19-9-7-18(8-10-19)16-39(14-13-17-5-4-6-20(15-17)28(32,33)34)25(40)23-22(12-11-21(30)24(23)31)38-26(41)29(35,36)37/h4-12,15H,13-14,16H2,1-3H3,(H,38,41). The third-order valence-corrected chi connectivity index (χ3v) is 7.02. The molecule has 3 rings (SSSR count). The minimum Gasteiger partial charge on any atom is -0.334 e. The number of nitrogens with one attached hydrogen (secondary N) is 1. The molecule has 0 atom stereocenters. The van der Waals surface area contributed by atoms with Gasteiger partial charge in [0.2, 0.25) is 0 Å². The smallest absolute Gasteiger partial charge is 0.334 e. The van der Waals surface area contributed by atoms with Gasteiger partial charge in [-0.1, -0.05) is 86.4 Å². The Morgan fingerprint density at radius 3 is 2.02 bits per heavy atom. The van der Waals surface area contributed by atoms with Gasteiger partial charge in [-0.15, -0.1) is 0 Å². The molecule has 4 nitrogen and oxygen atoms in total. The molecular weight excluding hydrogens is 593 g/mol. The minimum absolute atomic E-state index is 0.0157. The molecule has 0 aliphatic rings. The highest BCUT2D eigenvalue weighted by atomic mass is 35.5. The number of amides is 2. The van der Waals surface area contributed by atoms with Crippen molar-refractivity contribution in [3.05, 3.63) is 98.5 Å². The molecule has 0 unspecified atom stereocenters. The molecule has 0 saturated carbocycles. The number of hydrogen-bond donors (Lipinski definition) is 1. The van der Waals surface area contributed by atoms with Gasteiger partial charge in [0.05, 0.1) is 26.9 Å². The van der Waals surface area contributed by atoms with Crippen LogP contribution in [0.1, 0.15) is 53.4 Å². The average Bonchev–Trinajstić information content (AvgIpc) is 2.87. The van der Waals surface area contributed by atoms with E-state index in [-0.39, 0.29) is 40.5 Å². The van der Waals surface area contributed by atoms with Gasteiger partial charge in [0.15, 0.2) is 0 Å². The van der Waals surface area contributed by atoms with Crippen LogP contribution in [0.15, 0.2) is 60.7 Å². The van der Waals surface area contributed by atoms with Crippen molar-refractivity contribution in [3.63, 3.8) is 0 Å². The summed E-state index contributed by atoms with van der Waals surface area (Å²) in [7, 11) is 0. The number of rotatable bonds is 7. The summed E-state index contributed by atoms with van der Waals surface area (Å²) < 4.78 is 78.7. The normalized spacial score (nSPS) is 12.3. The highest BCUT2D eigenvalue weighted by molar-refractivity contribution is 6.44. The third-order valence-electron chi connectivity index (χ3n) is 6.22. The number of halogens is 8. The lowest BCUT2D eigenvalue weighted by Crippen LogP contribution is -2.35. The maximum atomic E-state index is 13.8. The summed E-state index contributed by atoms with van der Waals surface area (Å²) in [6.45, 7) is 5.87. The molecule has 0 bridgehead atoms. The van der Waals surface area contributed by atoms with Gasteiger partial charge in [-0.05, 0) is 46.7 Å². The third kappa shape index (κ3) is 8.39. The Kier molecular flexibility index (Phi) is 9.70. The Hall–Kier alpha value is -3.24. The zero-order chi connectivity index (χ0) is 30.8. The van der Waals surface area contributed by atoms with Crippen LogP contribution in [-0.4, -0.2) is 29.4 Å². The lowest BCUT2D eigenvalue weighted by Gasteiger charge is -2.26. The molecule has 2 amide bonds. The van der Waals surface area contributed by atoms with Crippen LogP contribution in [0, 0.1) is 0 Å². The van der Waals surface area contributed by atoms with Crippen molar-refractivity contribution in [1.29, 1.82) is 0 Å². The Morgan fingerprint density at radius 1 is 0.829 bits per heavy atom. The SMILES string of the molecule is CC(C)(C)c1ccc(CN(CCc2cccc(C(F)(F)F)c2)C(=O)c2c(NC(=O)C(F)(F)F)ccc(Cl)c2Cl)cc1. The summed E-state index contributed by atoms with van der Waals surface area (Å²) in [6.07, 6.45) is -9.83. The summed E-state index contributed by atoms with van der Waals surface area (Å²) in [5.74, 6) is -3.19. The lowest BCUT2D eigenvalue weighted by molar-refractivity contribution is -0.167.